The summed E-state index contributed by atoms with van der Waals surface area (Å²) in [4.78, 5) is 16.3. The molecule has 20 heavy (non-hydrogen) atoms. The number of likely N-dealkylation sites (N-methyl/N-ethyl adjacent to an activating group) is 1. The van der Waals surface area contributed by atoms with Crippen LogP contribution in [-0.2, 0) is 4.79 Å². The van der Waals surface area contributed by atoms with Crippen molar-refractivity contribution in [3.63, 3.8) is 0 Å². The van der Waals surface area contributed by atoms with E-state index in [4.69, 9.17) is 5.73 Å². The molecule has 3 N–H and O–H groups in total. The Bertz CT molecular complexity index is 472. The third-order valence-electron chi connectivity index (χ3n) is 3.54. The molecule has 0 saturated carbocycles. The van der Waals surface area contributed by atoms with Crippen molar-refractivity contribution in [3.05, 3.63) is 24.0 Å². The van der Waals surface area contributed by atoms with Crippen LogP contribution in [0.3, 0.4) is 0 Å². The van der Waals surface area contributed by atoms with Crippen molar-refractivity contribution < 1.29 is 9.18 Å². The first-order chi connectivity index (χ1) is 9.58. The molecule has 1 aromatic carbocycles. The van der Waals surface area contributed by atoms with Crippen molar-refractivity contribution in [2.75, 3.05) is 50.3 Å². The van der Waals surface area contributed by atoms with Gasteiger partial charge in [0, 0.05) is 31.9 Å². The number of hydrogen-bond acceptors (Lipinski definition) is 4. The number of nitrogens with two attached hydrogens (primary N) is 1. The number of anilines is 2. The molecule has 0 atom stereocenters. The number of carbonyl (C=O) groups is 1. The van der Waals surface area contributed by atoms with Crippen molar-refractivity contribution in [1.29, 1.82) is 0 Å². The minimum atomic E-state index is -0.469. The summed E-state index contributed by atoms with van der Waals surface area (Å²) in [5, 5.41) is 2.57. The Morgan fingerprint density at radius 1 is 1.30 bits per heavy atom. The largest absolute Gasteiger partial charge is 0.399 e. The van der Waals surface area contributed by atoms with Crippen molar-refractivity contribution in [2.24, 2.45) is 0 Å². The van der Waals surface area contributed by atoms with Gasteiger partial charge in [0.2, 0.25) is 5.91 Å². The van der Waals surface area contributed by atoms with Crippen molar-refractivity contribution in [2.45, 2.75) is 6.92 Å². The third-order valence-corrected chi connectivity index (χ3v) is 3.54. The van der Waals surface area contributed by atoms with Gasteiger partial charge in [-0.15, -0.1) is 0 Å². The normalized spacial score (nSPS) is 17.1. The molecule has 0 aliphatic carbocycles. The van der Waals surface area contributed by atoms with Gasteiger partial charge >= 0.3 is 0 Å². The van der Waals surface area contributed by atoms with Gasteiger partial charge in [0.15, 0.2) is 0 Å². The molecule has 6 heteroatoms. The molecule has 1 aliphatic heterocycles. The molecule has 1 amide bonds. The van der Waals surface area contributed by atoms with Gasteiger partial charge in [0.25, 0.3) is 0 Å². The molecule has 1 aromatic rings. The van der Waals surface area contributed by atoms with Gasteiger partial charge < -0.3 is 16.0 Å². The number of halogens is 1. The number of amides is 1. The van der Waals surface area contributed by atoms with Crippen LogP contribution in [-0.4, -0.2) is 55.0 Å². The summed E-state index contributed by atoms with van der Waals surface area (Å²) in [6, 6.07) is 4.15. The van der Waals surface area contributed by atoms with Crippen LogP contribution >= 0.6 is 0 Å². The van der Waals surface area contributed by atoms with Crippen molar-refractivity contribution in [1.82, 2.24) is 9.80 Å². The van der Waals surface area contributed by atoms with Gasteiger partial charge in [-0.1, -0.05) is 6.92 Å². The Labute approximate surface area is 118 Å². The highest BCUT2D eigenvalue weighted by molar-refractivity contribution is 5.92. The topological polar surface area (TPSA) is 61.6 Å². The lowest BCUT2D eigenvalue weighted by molar-refractivity contribution is -0.117. The summed E-state index contributed by atoms with van der Waals surface area (Å²) in [5.41, 5.74) is 6.15. The van der Waals surface area contributed by atoms with Crippen LogP contribution in [0.2, 0.25) is 0 Å². The number of rotatable bonds is 4. The maximum atomic E-state index is 13.5. The fourth-order valence-corrected chi connectivity index (χ4v) is 2.30. The number of hydrogen-bond donors (Lipinski definition) is 2. The zero-order valence-corrected chi connectivity index (χ0v) is 11.7. The summed E-state index contributed by atoms with van der Waals surface area (Å²) in [7, 11) is 0. The highest BCUT2D eigenvalue weighted by Gasteiger charge is 2.18. The average Bonchev–Trinajstić information content (AvgIpc) is 2.43. The standard InChI is InChI=1S/C14H21FN4O/c1-2-18-5-7-19(8-6-18)10-14(20)17-13-9-11(16)3-4-12(13)15/h3-4,9H,2,5-8,10,16H2,1H3,(H,17,20). The van der Waals surface area contributed by atoms with E-state index in [0.29, 0.717) is 5.69 Å². The van der Waals surface area contributed by atoms with Crippen LogP contribution in [0.25, 0.3) is 0 Å². The molecular weight excluding hydrogens is 259 g/mol. The van der Waals surface area contributed by atoms with Crippen molar-refractivity contribution >= 4 is 17.3 Å². The fourth-order valence-electron chi connectivity index (χ4n) is 2.30. The number of nitrogens with one attached hydrogen (secondary N) is 1. The first kappa shape index (κ1) is 14.7. The second-order valence-electron chi connectivity index (χ2n) is 5.00. The van der Waals surface area contributed by atoms with Gasteiger partial charge in [-0.05, 0) is 24.7 Å². The highest BCUT2D eigenvalue weighted by Crippen LogP contribution is 2.17. The van der Waals surface area contributed by atoms with E-state index in [1.54, 1.807) is 0 Å². The second kappa shape index (κ2) is 6.67. The summed E-state index contributed by atoms with van der Waals surface area (Å²) in [5.74, 6) is -0.678. The van der Waals surface area contributed by atoms with E-state index < -0.39 is 5.82 Å². The Kier molecular flexibility index (Phi) is 4.92. The molecule has 0 spiro atoms. The maximum absolute atomic E-state index is 13.5. The molecule has 1 heterocycles. The number of nitrogen functional groups attached to an aromatic ring is 1. The molecular formula is C14H21FN4O. The van der Waals surface area contributed by atoms with Gasteiger partial charge in [0.05, 0.1) is 12.2 Å². The molecule has 1 aliphatic rings. The lowest BCUT2D eigenvalue weighted by Gasteiger charge is -2.33. The number of carbonyl (C=O) groups excluding carboxylic acids is 1. The first-order valence-corrected chi connectivity index (χ1v) is 6.88. The number of piperazine rings is 1. The predicted molar refractivity (Wildman–Crippen MR) is 78.0 cm³/mol. The second-order valence-corrected chi connectivity index (χ2v) is 5.00. The average molecular weight is 280 g/mol. The van der Waals surface area contributed by atoms with Crippen LogP contribution < -0.4 is 11.1 Å². The summed E-state index contributed by atoms with van der Waals surface area (Å²) < 4.78 is 13.5. The molecule has 1 fully saturated rings. The Balaban J connectivity index is 1.85. The molecule has 0 aromatic heterocycles. The van der Waals surface area contributed by atoms with Gasteiger partial charge in [-0.2, -0.15) is 0 Å². The Morgan fingerprint density at radius 2 is 1.95 bits per heavy atom. The van der Waals surface area contributed by atoms with Crippen LogP contribution in [0.4, 0.5) is 15.8 Å². The Hall–Kier alpha value is -1.66. The van der Waals surface area contributed by atoms with E-state index in [0.717, 1.165) is 32.7 Å². The molecule has 1 saturated heterocycles. The monoisotopic (exact) mass is 280 g/mol. The molecule has 0 radical (unpaired) electrons. The quantitative estimate of drug-likeness (QED) is 0.807. The van der Waals surface area contributed by atoms with Crippen LogP contribution in [0.1, 0.15) is 6.92 Å². The fraction of sp³-hybridized carbons (Fsp3) is 0.500. The Morgan fingerprint density at radius 3 is 2.60 bits per heavy atom. The van der Waals surface area contributed by atoms with Crippen LogP contribution in [0, 0.1) is 5.82 Å². The van der Waals surface area contributed by atoms with E-state index in [1.807, 2.05) is 0 Å². The maximum Gasteiger partial charge on any atom is 0.238 e. The molecule has 0 unspecified atom stereocenters. The molecule has 5 nitrogen and oxygen atoms in total. The van der Waals surface area contributed by atoms with Gasteiger partial charge in [-0.3, -0.25) is 9.69 Å². The highest BCUT2D eigenvalue weighted by atomic mass is 19.1. The minimum absolute atomic E-state index is 0.141. The number of nitrogens with zero attached hydrogens (tertiary/aromatic N) is 2. The smallest absolute Gasteiger partial charge is 0.238 e. The third kappa shape index (κ3) is 3.91. The summed E-state index contributed by atoms with van der Waals surface area (Å²) >= 11 is 0. The SMILES string of the molecule is CCN1CCN(CC(=O)Nc2cc(N)ccc2F)CC1. The summed E-state index contributed by atoms with van der Waals surface area (Å²) in [6.07, 6.45) is 0. The zero-order chi connectivity index (χ0) is 14.5. The first-order valence-electron chi connectivity index (χ1n) is 6.88. The predicted octanol–water partition coefficient (Wildman–Crippen LogP) is 0.984. The zero-order valence-electron chi connectivity index (χ0n) is 11.7. The van der Waals surface area contributed by atoms with Gasteiger partial charge in [-0.25, -0.2) is 4.39 Å². The van der Waals surface area contributed by atoms with E-state index >= 15 is 0 Å². The van der Waals surface area contributed by atoms with Crippen LogP contribution in [0.15, 0.2) is 18.2 Å². The summed E-state index contributed by atoms with van der Waals surface area (Å²) in [6.45, 7) is 7.11. The lowest BCUT2D eigenvalue weighted by atomic mass is 10.2. The van der Waals surface area contributed by atoms with Gasteiger partial charge in [0.1, 0.15) is 5.82 Å². The van der Waals surface area contributed by atoms with E-state index in [1.165, 1.54) is 18.2 Å². The molecule has 2 rings (SSSR count). The van der Waals surface area contributed by atoms with E-state index in [-0.39, 0.29) is 18.1 Å². The molecule has 0 bridgehead atoms. The molecule has 110 valence electrons. The van der Waals surface area contributed by atoms with Crippen molar-refractivity contribution in [3.8, 4) is 0 Å². The van der Waals surface area contributed by atoms with E-state index in [2.05, 4.69) is 22.0 Å². The van der Waals surface area contributed by atoms with Crippen LogP contribution in [0.5, 0.6) is 0 Å². The minimum Gasteiger partial charge on any atom is -0.399 e. The lowest BCUT2D eigenvalue weighted by Crippen LogP contribution is -2.48. The number of benzene rings is 1. The van der Waals surface area contributed by atoms with E-state index in [9.17, 15) is 9.18 Å².